The zero-order valence-electron chi connectivity index (χ0n) is 10.9. The van der Waals surface area contributed by atoms with Gasteiger partial charge in [0, 0.05) is 0 Å². The van der Waals surface area contributed by atoms with E-state index in [-0.39, 0.29) is 6.42 Å². The maximum absolute atomic E-state index is 11.3. The fraction of sp³-hybridized carbons (Fsp3) is 0.429. The van der Waals surface area contributed by atoms with Crippen LogP contribution in [0, 0.1) is 5.92 Å². The molecule has 1 aliphatic heterocycles. The average Bonchev–Trinajstić information content (AvgIpc) is 2.35. The summed E-state index contributed by atoms with van der Waals surface area (Å²) < 4.78 is 15.7. The Kier molecular flexibility index (Phi) is 4.04. The molecule has 5 heteroatoms. The van der Waals surface area contributed by atoms with Crippen molar-refractivity contribution in [1.82, 2.24) is 0 Å². The van der Waals surface area contributed by atoms with Crippen LogP contribution in [-0.4, -0.2) is 18.5 Å². The minimum atomic E-state index is -1.02. The molecule has 1 aliphatic rings. The van der Waals surface area contributed by atoms with E-state index in [1.807, 2.05) is 19.9 Å². The zero-order chi connectivity index (χ0) is 13.8. The van der Waals surface area contributed by atoms with Gasteiger partial charge in [0.2, 0.25) is 0 Å². The molecule has 0 aromatic heterocycles. The van der Waals surface area contributed by atoms with Gasteiger partial charge >= 0.3 is 11.9 Å². The van der Waals surface area contributed by atoms with E-state index in [2.05, 4.69) is 0 Å². The molecular formula is C14H16O5. The number of benzene rings is 1. The first kappa shape index (κ1) is 13.4. The van der Waals surface area contributed by atoms with E-state index >= 15 is 0 Å². The van der Waals surface area contributed by atoms with Crippen molar-refractivity contribution >= 4 is 11.9 Å². The normalized spacial score (nSPS) is 16.2. The lowest BCUT2D eigenvalue weighted by Crippen LogP contribution is -2.27. The summed E-state index contributed by atoms with van der Waals surface area (Å²) in [5.74, 6) is -0.243. The molecule has 1 saturated heterocycles. The molecule has 1 heterocycles. The number of ether oxygens (including phenoxy) is 3. The summed E-state index contributed by atoms with van der Waals surface area (Å²) in [5.41, 5.74) is 0.546. The Hall–Kier alpha value is -2.04. The van der Waals surface area contributed by atoms with Crippen molar-refractivity contribution in [2.24, 2.45) is 5.92 Å². The average molecular weight is 264 g/mol. The summed E-state index contributed by atoms with van der Waals surface area (Å²) in [4.78, 5) is 22.5. The monoisotopic (exact) mass is 264 g/mol. The van der Waals surface area contributed by atoms with E-state index in [4.69, 9.17) is 14.2 Å². The number of esters is 2. The first-order valence-electron chi connectivity index (χ1n) is 6.17. The van der Waals surface area contributed by atoms with Gasteiger partial charge in [-0.05, 0) is 18.1 Å². The number of carbonyl (C=O) groups excluding carboxylic acids is 2. The topological polar surface area (TPSA) is 61.8 Å². The second-order valence-electron chi connectivity index (χ2n) is 4.73. The summed E-state index contributed by atoms with van der Waals surface area (Å²) in [6, 6.07) is 7.06. The highest BCUT2D eigenvalue weighted by Gasteiger charge is 2.31. The van der Waals surface area contributed by atoms with Crippen molar-refractivity contribution in [3.05, 3.63) is 29.8 Å². The van der Waals surface area contributed by atoms with Crippen LogP contribution in [0.4, 0.5) is 0 Å². The van der Waals surface area contributed by atoms with E-state index in [9.17, 15) is 9.59 Å². The van der Waals surface area contributed by atoms with E-state index in [1.54, 1.807) is 18.2 Å². The number of cyclic esters (lactones) is 2. The van der Waals surface area contributed by atoms with Crippen molar-refractivity contribution in [2.75, 3.05) is 6.61 Å². The molecular weight excluding hydrogens is 248 g/mol. The highest BCUT2D eigenvalue weighted by molar-refractivity contribution is 5.92. The van der Waals surface area contributed by atoms with Gasteiger partial charge in [-0.3, -0.25) is 9.59 Å². The van der Waals surface area contributed by atoms with Gasteiger partial charge in [0.05, 0.1) is 12.2 Å². The highest BCUT2D eigenvalue weighted by Crippen LogP contribution is 2.31. The summed E-state index contributed by atoms with van der Waals surface area (Å²) in [6.07, 6.45) is -1.36. The van der Waals surface area contributed by atoms with Crippen LogP contribution < -0.4 is 4.74 Å². The SMILES string of the molecule is CC(C)COc1ccccc1C1OC(=O)CC(=O)O1. The summed E-state index contributed by atoms with van der Waals surface area (Å²) in [7, 11) is 0. The molecule has 0 bridgehead atoms. The molecule has 0 unspecified atom stereocenters. The molecule has 0 N–H and O–H groups in total. The van der Waals surface area contributed by atoms with Gasteiger partial charge in [-0.1, -0.05) is 26.0 Å². The van der Waals surface area contributed by atoms with Gasteiger partial charge in [0.25, 0.3) is 6.29 Å². The minimum absolute atomic E-state index is 0.342. The van der Waals surface area contributed by atoms with Gasteiger partial charge in [-0.25, -0.2) is 0 Å². The maximum atomic E-state index is 11.3. The Morgan fingerprint density at radius 3 is 2.47 bits per heavy atom. The first-order valence-corrected chi connectivity index (χ1v) is 6.17. The van der Waals surface area contributed by atoms with E-state index < -0.39 is 18.2 Å². The fourth-order valence-electron chi connectivity index (χ4n) is 1.65. The molecule has 102 valence electrons. The molecule has 19 heavy (non-hydrogen) atoms. The van der Waals surface area contributed by atoms with Crippen molar-refractivity contribution < 1.29 is 23.8 Å². The van der Waals surface area contributed by atoms with Crippen molar-refractivity contribution in [3.8, 4) is 5.75 Å². The number of carbonyl (C=O) groups is 2. The first-order chi connectivity index (χ1) is 9.06. The van der Waals surface area contributed by atoms with Crippen LogP contribution in [0.3, 0.4) is 0 Å². The minimum Gasteiger partial charge on any atom is -0.493 e. The predicted octanol–water partition coefficient (Wildman–Crippen LogP) is 2.21. The lowest BCUT2D eigenvalue weighted by atomic mass is 10.1. The Balaban J connectivity index is 2.18. The van der Waals surface area contributed by atoms with Gasteiger partial charge in [-0.15, -0.1) is 0 Å². The van der Waals surface area contributed by atoms with Gasteiger partial charge in [0.1, 0.15) is 12.2 Å². The lowest BCUT2D eigenvalue weighted by molar-refractivity contribution is -0.205. The molecule has 0 spiro atoms. The van der Waals surface area contributed by atoms with Gasteiger partial charge in [-0.2, -0.15) is 0 Å². The third kappa shape index (κ3) is 3.47. The molecule has 2 rings (SSSR count). The van der Waals surface area contributed by atoms with Crippen LogP contribution in [0.25, 0.3) is 0 Å². The Bertz CT molecular complexity index is 464. The Labute approximate surface area is 111 Å². The van der Waals surface area contributed by atoms with Gasteiger partial charge < -0.3 is 14.2 Å². The second-order valence-corrected chi connectivity index (χ2v) is 4.73. The van der Waals surface area contributed by atoms with Crippen LogP contribution in [0.5, 0.6) is 5.75 Å². The van der Waals surface area contributed by atoms with E-state index in [1.165, 1.54) is 0 Å². The van der Waals surface area contributed by atoms with Gasteiger partial charge in [0.15, 0.2) is 0 Å². The molecule has 1 fully saturated rings. The summed E-state index contributed by atoms with van der Waals surface area (Å²) in [5, 5.41) is 0. The van der Waals surface area contributed by atoms with E-state index in [0.717, 1.165) is 0 Å². The Morgan fingerprint density at radius 1 is 1.21 bits per heavy atom. The molecule has 0 radical (unpaired) electrons. The van der Waals surface area contributed by atoms with Crippen LogP contribution in [-0.2, 0) is 19.1 Å². The quantitative estimate of drug-likeness (QED) is 0.616. The number of hydrogen-bond donors (Lipinski definition) is 0. The third-order valence-electron chi connectivity index (χ3n) is 2.51. The number of para-hydroxylation sites is 1. The van der Waals surface area contributed by atoms with Crippen LogP contribution in [0.15, 0.2) is 24.3 Å². The largest absolute Gasteiger partial charge is 0.493 e. The zero-order valence-corrected chi connectivity index (χ0v) is 10.9. The van der Waals surface area contributed by atoms with Crippen molar-refractivity contribution in [1.29, 1.82) is 0 Å². The Morgan fingerprint density at radius 2 is 1.84 bits per heavy atom. The number of hydrogen-bond acceptors (Lipinski definition) is 5. The number of rotatable bonds is 4. The molecule has 0 atom stereocenters. The van der Waals surface area contributed by atoms with Crippen molar-refractivity contribution in [2.45, 2.75) is 26.6 Å². The lowest BCUT2D eigenvalue weighted by Gasteiger charge is -2.24. The van der Waals surface area contributed by atoms with Crippen molar-refractivity contribution in [3.63, 3.8) is 0 Å². The highest BCUT2D eigenvalue weighted by atomic mass is 16.7. The smallest absolute Gasteiger partial charge is 0.320 e. The summed E-state index contributed by atoms with van der Waals surface area (Å²) in [6.45, 7) is 4.60. The molecule has 0 saturated carbocycles. The molecule has 0 amide bonds. The van der Waals surface area contributed by atoms with Crippen LogP contribution in [0.2, 0.25) is 0 Å². The molecule has 0 aliphatic carbocycles. The second kappa shape index (κ2) is 5.73. The molecule has 1 aromatic rings. The summed E-state index contributed by atoms with van der Waals surface area (Å²) >= 11 is 0. The van der Waals surface area contributed by atoms with Crippen LogP contribution in [0.1, 0.15) is 32.1 Å². The standard InChI is InChI=1S/C14H16O5/c1-9(2)8-17-11-6-4-3-5-10(11)14-18-12(15)7-13(16)19-14/h3-6,9,14H,7-8H2,1-2H3. The predicted molar refractivity (Wildman–Crippen MR) is 66.3 cm³/mol. The van der Waals surface area contributed by atoms with Crippen LogP contribution >= 0.6 is 0 Å². The molecule has 1 aromatic carbocycles. The maximum Gasteiger partial charge on any atom is 0.320 e. The fourth-order valence-corrected chi connectivity index (χ4v) is 1.65. The van der Waals surface area contributed by atoms with E-state index in [0.29, 0.717) is 23.8 Å². The molecule has 5 nitrogen and oxygen atoms in total. The third-order valence-corrected chi connectivity index (χ3v) is 2.51.